The smallest absolute Gasteiger partial charge is 0.135 e. The first-order valence-electron chi connectivity index (χ1n) is 17.1. The molecule has 1 aromatic heterocycles. The summed E-state index contributed by atoms with van der Waals surface area (Å²) in [4.78, 5) is 0. The van der Waals surface area contributed by atoms with Crippen molar-refractivity contribution in [1.82, 2.24) is 0 Å². The largest absolute Gasteiger partial charge is 0.456 e. The molecular weight excluding hydrogens is 605 g/mol. The van der Waals surface area contributed by atoms with Gasteiger partial charge >= 0.3 is 0 Å². The van der Waals surface area contributed by atoms with Gasteiger partial charge in [0.15, 0.2) is 0 Å². The lowest BCUT2D eigenvalue weighted by atomic mass is 9.84. The van der Waals surface area contributed by atoms with E-state index in [1.54, 1.807) is 6.08 Å². The predicted molar refractivity (Wildman–Crippen MR) is 214 cm³/mol. The second-order valence-electron chi connectivity index (χ2n) is 13.0. The summed E-state index contributed by atoms with van der Waals surface area (Å²) in [7, 11) is 0. The Morgan fingerprint density at radius 3 is 1.78 bits per heavy atom. The number of aryl methyl sites for hydroxylation is 1. The summed E-state index contributed by atoms with van der Waals surface area (Å²) in [6, 6.07) is 57.5. The van der Waals surface area contributed by atoms with Gasteiger partial charge in [-0.15, -0.1) is 0 Å². The van der Waals surface area contributed by atoms with Crippen molar-refractivity contribution in [2.24, 2.45) is 0 Å². The molecular formula is C49H34O. The van der Waals surface area contributed by atoms with Crippen LogP contribution < -0.4 is 0 Å². The Labute approximate surface area is 292 Å². The molecule has 0 N–H and O–H groups in total. The molecule has 0 bridgehead atoms. The second-order valence-corrected chi connectivity index (χ2v) is 13.0. The second kappa shape index (κ2) is 12.2. The van der Waals surface area contributed by atoms with E-state index in [0.29, 0.717) is 0 Å². The van der Waals surface area contributed by atoms with Gasteiger partial charge in [0.25, 0.3) is 0 Å². The van der Waals surface area contributed by atoms with Gasteiger partial charge < -0.3 is 4.42 Å². The van der Waals surface area contributed by atoms with E-state index in [1.165, 1.54) is 76.8 Å². The van der Waals surface area contributed by atoms with Crippen LogP contribution in [0.3, 0.4) is 0 Å². The van der Waals surface area contributed by atoms with Crippen molar-refractivity contribution >= 4 is 49.4 Å². The van der Waals surface area contributed by atoms with Gasteiger partial charge in [-0.3, -0.25) is 0 Å². The highest BCUT2D eigenvalue weighted by Crippen LogP contribution is 2.46. The molecule has 1 nitrogen and oxygen atoms in total. The number of fused-ring (bicyclic) bond motifs is 4. The first-order valence-corrected chi connectivity index (χ1v) is 17.1. The predicted octanol–water partition coefficient (Wildman–Crippen LogP) is 14.1. The van der Waals surface area contributed by atoms with E-state index in [2.05, 4.69) is 171 Å². The molecule has 0 aliphatic heterocycles. The first kappa shape index (κ1) is 29.7. The van der Waals surface area contributed by atoms with Crippen LogP contribution in [0.4, 0.5) is 0 Å². The van der Waals surface area contributed by atoms with Crippen LogP contribution in [0, 0.1) is 6.92 Å². The average molecular weight is 639 g/mol. The summed E-state index contributed by atoms with van der Waals surface area (Å²) in [5.41, 5.74) is 11.7. The zero-order chi connectivity index (χ0) is 33.6. The summed E-state index contributed by atoms with van der Waals surface area (Å²) in [5.74, 6) is 0.862. The quantitative estimate of drug-likeness (QED) is 0.130. The number of hydrogen-bond donors (Lipinski definition) is 0. The van der Waals surface area contributed by atoms with Gasteiger partial charge in [-0.05, 0) is 114 Å². The highest BCUT2D eigenvalue weighted by Gasteiger charge is 2.19. The summed E-state index contributed by atoms with van der Waals surface area (Å²) in [6.07, 6.45) is 5.68. The van der Waals surface area contributed by atoms with E-state index in [4.69, 9.17) is 4.42 Å². The van der Waals surface area contributed by atoms with Crippen molar-refractivity contribution in [2.45, 2.75) is 6.92 Å². The fourth-order valence-corrected chi connectivity index (χ4v) is 7.52. The third kappa shape index (κ3) is 5.03. The molecule has 0 aliphatic carbocycles. The number of rotatable bonds is 6. The standard InChI is InChI=1S/C49H34O/c1-3-4-18-46-32(2)44-31-40(26-28-47(44)50-46)49-42-17-11-10-16-41(42)48(36-22-19-35(20-23-36)33-12-6-5-7-13-33)45-30-39(25-27-43(45)49)38-24-21-34-14-8-9-15-37(34)29-38/h3-31H,1H2,2H3/b18-4-. The third-order valence-electron chi connectivity index (χ3n) is 10.0. The molecule has 50 heavy (non-hydrogen) atoms. The molecule has 9 aromatic rings. The van der Waals surface area contributed by atoms with Gasteiger partial charge in [-0.25, -0.2) is 0 Å². The van der Waals surface area contributed by atoms with Crippen molar-refractivity contribution in [1.29, 1.82) is 0 Å². The number of benzene rings is 8. The SMILES string of the molecule is C=C/C=C\c1oc2ccc(-c3c4ccccc4c(-c4ccc(-c5ccccc5)cc4)c4cc(-c5ccc6ccccc6c5)ccc34)cc2c1C. The van der Waals surface area contributed by atoms with Gasteiger partial charge in [-0.2, -0.15) is 0 Å². The Bertz CT molecular complexity index is 2760. The van der Waals surface area contributed by atoms with Crippen LogP contribution in [0.15, 0.2) is 181 Å². The monoisotopic (exact) mass is 638 g/mol. The van der Waals surface area contributed by atoms with Gasteiger partial charge in [0.1, 0.15) is 11.3 Å². The Balaban J connectivity index is 1.32. The Kier molecular flexibility index (Phi) is 7.25. The normalized spacial score (nSPS) is 11.7. The van der Waals surface area contributed by atoms with Crippen LogP contribution in [0.5, 0.6) is 0 Å². The van der Waals surface area contributed by atoms with Crippen LogP contribution in [0.2, 0.25) is 0 Å². The average Bonchev–Trinajstić information content (AvgIpc) is 3.50. The van der Waals surface area contributed by atoms with Crippen molar-refractivity contribution in [3.63, 3.8) is 0 Å². The van der Waals surface area contributed by atoms with E-state index in [1.807, 2.05) is 12.2 Å². The van der Waals surface area contributed by atoms with E-state index in [0.717, 1.165) is 22.3 Å². The lowest BCUT2D eigenvalue weighted by molar-refractivity contribution is 0.601. The minimum atomic E-state index is 0.862. The molecule has 0 fully saturated rings. The van der Waals surface area contributed by atoms with E-state index < -0.39 is 0 Å². The highest BCUT2D eigenvalue weighted by molar-refractivity contribution is 6.22. The molecule has 0 saturated carbocycles. The zero-order valence-corrected chi connectivity index (χ0v) is 27.9. The minimum Gasteiger partial charge on any atom is -0.456 e. The van der Waals surface area contributed by atoms with Crippen molar-refractivity contribution < 1.29 is 4.42 Å². The number of hydrogen-bond acceptors (Lipinski definition) is 1. The van der Waals surface area contributed by atoms with E-state index in [9.17, 15) is 0 Å². The zero-order valence-electron chi connectivity index (χ0n) is 27.9. The van der Waals surface area contributed by atoms with Crippen LogP contribution in [-0.4, -0.2) is 0 Å². The Morgan fingerprint density at radius 1 is 0.440 bits per heavy atom. The van der Waals surface area contributed by atoms with Gasteiger partial charge in [0.05, 0.1) is 0 Å². The molecule has 9 rings (SSSR count). The Hall–Kier alpha value is -6.44. The van der Waals surface area contributed by atoms with Crippen LogP contribution in [-0.2, 0) is 0 Å². The molecule has 0 saturated heterocycles. The molecule has 1 heteroatoms. The number of furan rings is 1. The fraction of sp³-hybridized carbons (Fsp3) is 0.0204. The molecule has 0 unspecified atom stereocenters. The molecule has 8 aromatic carbocycles. The van der Waals surface area contributed by atoms with Crippen LogP contribution >= 0.6 is 0 Å². The van der Waals surface area contributed by atoms with Crippen molar-refractivity contribution in [3.8, 4) is 44.5 Å². The van der Waals surface area contributed by atoms with E-state index in [-0.39, 0.29) is 0 Å². The maximum Gasteiger partial charge on any atom is 0.135 e. The maximum absolute atomic E-state index is 6.25. The summed E-state index contributed by atoms with van der Waals surface area (Å²) in [5, 5.41) is 8.53. The minimum absolute atomic E-state index is 0.862. The lowest BCUT2D eigenvalue weighted by Gasteiger charge is -2.19. The number of allylic oxidation sites excluding steroid dienone is 2. The molecule has 236 valence electrons. The third-order valence-corrected chi connectivity index (χ3v) is 10.0. The molecule has 0 amide bonds. The van der Waals surface area contributed by atoms with Crippen molar-refractivity contribution in [3.05, 3.63) is 188 Å². The molecule has 0 radical (unpaired) electrons. The molecule has 0 aliphatic rings. The highest BCUT2D eigenvalue weighted by atomic mass is 16.3. The van der Waals surface area contributed by atoms with Crippen molar-refractivity contribution in [2.75, 3.05) is 0 Å². The van der Waals surface area contributed by atoms with Crippen LogP contribution in [0.1, 0.15) is 11.3 Å². The first-order chi connectivity index (χ1) is 24.7. The summed E-state index contributed by atoms with van der Waals surface area (Å²) >= 11 is 0. The lowest BCUT2D eigenvalue weighted by Crippen LogP contribution is -1.92. The van der Waals surface area contributed by atoms with E-state index >= 15 is 0 Å². The molecule has 0 spiro atoms. The molecule has 0 atom stereocenters. The van der Waals surface area contributed by atoms with Gasteiger partial charge in [-0.1, -0.05) is 152 Å². The van der Waals surface area contributed by atoms with Gasteiger partial charge in [0, 0.05) is 10.9 Å². The fourth-order valence-electron chi connectivity index (χ4n) is 7.52. The summed E-state index contributed by atoms with van der Waals surface area (Å²) in [6.45, 7) is 5.96. The van der Waals surface area contributed by atoms with Gasteiger partial charge in [0.2, 0.25) is 0 Å². The Morgan fingerprint density at radius 2 is 1.00 bits per heavy atom. The topological polar surface area (TPSA) is 13.1 Å². The van der Waals surface area contributed by atoms with Crippen LogP contribution in [0.25, 0.3) is 93.9 Å². The summed E-state index contributed by atoms with van der Waals surface area (Å²) < 4.78 is 6.25. The maximum atomic E-state index is 6.25. The molecule has 1 heterocycles.